The van der Waals surface area contributed by atoms with Gasteiger partial charge in [0.2, 0.25) is 0 Å². The maximum atomic E-state index is 12.1. The highest BCUT2D eigenvalue weighted by Crippen LogP contribution is 2.22. The number of hydrogen-bond acceptors (Lipinski definition) is 3. The number of ether oxygens (including phenoxy) is 1. The maximum Gasteiger partial charge on any atom is 0.389 e. The number of guanidine groups is 1. The number of halogens is 3. The molecule has 0 saturated heterocycles. The van der Waals surface area contributed by atoms with Crippen molar-refractivity contribution in [2.24, 2.45) is 4.99 Å². The van der Waals surface area contributed by atoms with Gasteiger partial charge in [0.05, 0.1) is 18.8 Å². The molecule has 8 heteroatoms. The first kappa shape index (κ1) is 23.1. The van der Waals surface area contributed by atoms with Crippen LogP contribution in [0.1, 0.15) is 51.7 Å². The fourth-order valence-electron chi connectivity index (χ4n) is 2.32. The molecule has 0 aliphatic heterocycles. The van der Waals surface area contributed by atoms with E-state index in [1.807, 2.05) is 20.8 Å². The molecule has 0 fully saturated rings. The summed E-state index contributed by atoms with van der Waals surface area (Å²) in [5.41, 5.74) is 0.718. The third-order valence-electron chi connectivity index (χ3n) is 3.58. The summed E-state index contributed by atoms with van der Waals surface area (Å²) in [5.74, 6) is 1.21. The molecule has 0 aliphatic carbocycles. The molecule has 0 bridgehead atoms. The highest BCUT2D eigenvalue weighted by atomic mass is 19.4. The van der Waals surface area contributed by atoms with Crippen LogP contribution in [0, 0.1) is 0 Å². The lowest BCUT2D eigenvalue weighted by atomic mass is 10.1. The van der Waals surface area contributed by atoms with Crippen molar-refractivity contribution in [3.05, 3.63) is 29.8 Å². The van der Waals surface area contributed by atoms with E-state index in [-0.39, 0.29) is 19.1 Å². The van der Waals surface area contributed by atoms with Crippen molar-refractivity contribution in [2.45, 2.75) is 58.4 Å². The Morgan fingerprint density at radius 1 is 1.15 bits per heavy atom. The molecular weight excluding hydrogens is 359 g/mol. The van der Waals surface area contributed by atoms with Crippen LogP contribution in [0.3, 0.4) is 0 Å². The number of alkyl halides is 3. The van der Waals surface area contributed by atoms with Crippen LogP contribution >= 0.6 is 0 Å². The molecule has 1 aromatic rings. The lowest BCUT2D eigenvalue weighted by Crippen LogP contribution is -2.38. The normalized spacial score (nSPS) is 13.6. The van der Waals surface area contributed by atoms with E-state index in [1.54, 1.807) is 24.3 Å². The molecule has 1 aromatic carbocycles. The van der Waals surface area contributed by atoms with Gasteiger partial charge in [-0.25, -0.2) is 0 Å². The molecule has 1 unspecified atom stereocenters. The third kappa shape index (κ3) is 10.7. The molecule has 0 heterocycles. The molecule has 27 heavy (non-hydrogen) atoms. The number of aliphatic hydroxyl groups excluding tert-OH is 1. The van der Waals surface area contributed by atoms with E-state index >= 15 is 0 Å². The highest BCUT2D eigenvalue weighted by Gasteiger charge is 2.25. The predicted octanol–water partition coefficient (Wildman–Crippen LogP) is 3.79. The SMILES string of the molecule is CCNC(=NCC(O)c1ccc(OC(C)C)cc1)NCCCCC(F)(F)F. The summed E-state index contributed by atoms with van der Waals surface area (Å²) in [6.45, 7) is 6.92. The Labute approximate surface area is 159 Å². The summed E-state index contributed by atoms with van der Waals surface area (Å²) in [4.78, 5) is 4.30. The molecule has 0 saturated carbocycles. The largest absolute Gasteiger partial charge is 0.491 e. The van der Waals surface area contributed by atoms with Gasteiger partial charge >= 0.3 is 6.18 Å². The van der Waals surface area contributed by atoms with Crippen molar-refractivity contribution < 1.29 is 23.0 Å². The fourth-order valence-corrected chi connectivity index (χ4v) is 2.32. The average molecular weight is 389 g/mol. The van der Waals surface area contributed by atoms with Gasteiger partial charge < -0.3 is 20.5 Å². The molecule has 3 N–H and O–H groups in total. The fraction of sp³-hybridized carbons (Fsp3) is 0.632. The Balaban J connectivity index is 2.48. The number of rotatable bonds is 10. The maximum absolute atomic E-state index is 12.1. The van der Waals surface area contributed by atoms with E-state index in [4.69, 9.17) is 4.74 Å². The second kappa shape index (κ2) is 11.7. The van der Waals surface area contributed by atoms with E-state index in [0.29, 0.717) is 25.5 Å². The van der Waals surface area contributed by atoms with E-state index < -0.39 is 18.7 Å². The van der Waals surface area contributed by atoms with Crippen molar-refractivity contribution in [3.63, 3.8) is 0 Å². The molecular formula is C19H30F3N3O2. The van der Waals surface area contributed by atoms with Crippen LogP contribution in [0.25, 0.3) is 0 Å². The number of aliphatic hydroxyl groups is 1. The smallest absolute Gasteiger partial charge is 0.389 e. The van der Waals surface area contributed by atoms with Crippen LogP contribution in [0.15, 0.2) is 29.3 Å². The number of benzene rings is 1. The van der Waals surface area contributed by atoms with E-state index in [2.05, 4.69) is 15.6 Å². The van der Waals surface area contributed by atoms with Crippen molar-refractivity contribution >= 4 is 5.96 Å². The van der Waals surface area contributed by atoms with Crippen molar-refractivity contribution in [2.75, 3.05) is 19.6 Å². The summed E-state index contributed by atoms with van der Waals surface area (Å²) >= 11 is 0. The van der Waals surface area contributed by atoms with Gasteiger partial charge in [-0.2, -0.15) is 13.2 Å². The first-order chi connectivity index (χ1) is 12.7. The van der Waals surface area contributed by atoms with Gasteiger partial charge in [0.1, 0.15) is 5.75 Å². The van der Waals surface area contributed by atoms with Crippen LogP contribution in [0.2, 0.25) is 0 Å². The van der Waals surface area contributed by atoms with E-state index in [0.717, 1.165) is 11.3 Å². The van der Waals surface area contributed by atoms with Crippen molar-refractivity contribution in [1.82, 2.24) is 10.6 Å². The minimum absolute atomic E-state index is 0.0727. The molecule has 0 spiro atoms. The van der Waals surface area contributed by atoms with Crippen molar-refractivity contribution in [3.8, 4) is 5.75 Å². The summed E-state index contributed by atoms with van der Waals surface area (Å²) in [6.07, 6.45) is -5.13. The van der Waals surface area contributed by atoms with Crippen LogP contribution in [0.5, 0.6) is 5.75 Å². The Hall–Kier alpha value is -1.96. The number of nitrogens with one attached hydrogen (secondary N) is 2. The average Bonchev–Trinajstić information content (AvgIpc) is 2.58. The molecule has 1 rings (SSSR count). The Bertz CT molecular complexity index is 560. The van der Waals surface area contributed by atoms with Gasteiger partial charge in [-0.3, -0.25) is 4.99 Å². The quantitative estimate of drug-likeness (QED) is 0.324. The number of aliphatic imine (C=N–C) groups is 1. The summed E-state index contributed by atoms with van der Waals surface area (Å²) in [6, 6.07) is 7.17. The molecule has 154 valence electrons. The Morgan fingerprint density at radius 2 is 1.81 bits per heavy atom. The predicted molar refractivity (Wildman–Crippen MR) is 101 cm³/mol. The molecule has 0 radical (unpaired) electrons. The van der Waals surface area contributed by atoms with Gasteiger partial charge in [-0.05, 0) is 51.3 Å². The summed E-state index contributed by atoms with van der Waals surface area (Å²) in [5, 5.41) is 16.3. The lowest BCUT2D eigenvalue weighted by molar-refractivity contribution is -0.135. The van der Waals surface area contributed by atoms with Crippen LogP contribution in [0.4, 0.5) is 13.2 Å². The van der Waals surface area contributed by atoms with Gasteiger partial charge in [0.15, 0.2) is 5.96 Å². The zero-order valence-corrected chi connectivity index (χ0v) is 16.1. The number of unbranched alkanes of at least 4 members (excludes halogenated alkanes) is 1. The lowest BCUT2D eigenvalue weighted by Gasteiger charge is -2.14. The van der Waals surface area contributed by atoms with Crippen LogP contribution in [-0.2, 0) is 0 Å². The highest BCUT2D eigenvalue weighted by molar-refractivity contribution is 5.79. The minimum atomic E-state index is -4.11. The first-order valence-electron chi connectivity index (χ1n) is 9.25. The Morgan fingerprint density at radius 3 is 2.37 bits per heavy atom. The van der Waals surface area contributed by atoms with E-state index in [9.17, 15) is 18.3 Å². The number of hydrogen-bond donors (Lipinski definition) is 3. The molecule has 5 nitrogen and oxygen atoms in total. The Kier molecular flexibility index (Phi) is 9.99. The zero-order chi connectivity index (χ0) is 20.3. The van der Waals surface area contributed by atoms with Crippen molar-refractivity contribution in [1.29, 1.82) is 0 Å². The second-order valence-electron chi connectivity index (χ2n) is 6.47. The van der Waals surface area contributed by atoms with Gasteiger partial charge in [-0.15, -0.1) is 0 Å². The topological polar surface area (TPSA) is 65.9 Å². The minimum Gasteiger partial charge on any atom is -0.491 e. The molecule has 0 aromatic heterocycles. The van der Waals surface area contributed by atoms with Crippen LogP contribution in [-0.4, -0.2) is 43.0 Å². The van der Waals surface area contributed by atoms with E-state index in [1.165, 1.54) is 0 Å². The van der Waals surface area contributed by atoms with Gasteiger partial charge in [0.25, 0.3) is 0 Å². The molecule has 0 aliphatic rings. The first-order valence-corrected chi connectivity index (χ1v) is 9.25. The summed E-state index contributed by atoms with van der Waals surface area (Å²) < 4.78 is 41.9. The van der Waals surface area contributed by atoms with Crippen LogP contribution < -0.4 is 15.4 Å². The summed E-state index contributed by atoms with van der Waals surface area (Å²) in [7, 11) is 0. The molecule has 1 atom stereocenters. The second-order valence-corrected chi connectivity index (χ2v) is 6.47. The standard InChI is InChI=1S/C19H30F3N3O2/c1-4-23-18(24-12-6-5-11-19(20,21)22)25-13-17(26)15-7-9-16(10-8-15)27-14(2)3/h7-10,14,17,26H,4-6,11-13H2,1-3H3,(H2,23,24,25). The molecule has 0 amide bonds. The van der Waals surface area contributed by atoms with Gasteiger partial charge in [0, 0.05) is 19.5 Å². The van der Waals surface area contributed by atoms with Gasteiger partial charge in [-0.1, -0.05) is 12.1 Å². The monoisotopic (exact) mass is 389 g/mol. The third-order valence-corrected chi connectivity index (χ3v) is 3.58. The number of nitrogens with zero attached hydrogens (tertiary/aromatic N) is 1. The zero-order valence-electron chi connectivity index (χ0n) is 16.1.